The number of nitrogens with zero attached hydrogens (tertiary/aromatic N) is 3. The molecular weight excluding hydrogens is 542 g/mol. The van der Waals surface area contributed by atoms with Crippen LogP contribution in [-0.4, -0.2) is 68.9 Å². The van der Waals surface area contributed by atoms with Crippen LogP contribution in [0.25, 0.3) is 23.5 Å². The molecule has 5 rings (SSSR count). The first-order chi connectivity index (χ1) is 20.3. The number of likely N-dealkylation sites (N-methyl/N-ethyl adjacent to an activating group) is 1. The van der Waals surface area contributed by atoms with Gasteiger partial charge >= 0.3 is 0 Å². The number of rotatable bonds is 9. The second kappa shape index (κ2) is 12.5. The van der Waals surface area contributed by atoms with Crippen LogP contribution < -0.4 is 40.8 Å². The minimum atomic E-state index is -0.861. The number of fused-ring (bicyclic) bond motifs is 1. The van der Waals surface area contributed by atoms with Crippen LogP contribution in [0.15, 0.2) is 49.2 Å². The van der Waals surface area contributed by atoms with E-state index in [4.69, 9.17) is 9.47 Å². The van der Waals surface area contributed by atoms with E-state index in [0.29, 0.717) is 16.6 Å². The number of piperazine rings is 1. The van der Waals surface area contributed by atoms with E-state index in [2.05, 4.69) is 44.2 Å². The van der Waals surface area contributed by atoms with E-state index in [-0.39, 0.29) is 34.8 Å². The number of hydrogen-bond acceptors (Lipinski definition) is 8. The van der Waals surface area contributed by atoms with Crippen molar-refractivity contribution in [2.75, 3.05) is 62.5 Å². The number of carbonyl (C=O) groups is 1. The third-order valence-electron chi connectivity index (χ3n) is 7.50. The Kier molecular flexibility index (Phi) is 8.58. The van der Waals surface area contributed by atoms with Crippen molar-refractivity contribution in [1.29, 1.82) is 0 Å². The number of anilines is 3. The molecule has 2 aliphatic heterocycles. The summed E-state index contributed by atoms with van der Waals surface area (Å²) in [6.45, 7) is 10.6. The van der Waals surface area contributed by atoms with Gasteiger partial charge in [-0.1, -0.05) is 13.5 Å². The van der Waals surface area contributed by atoms with Gasteiger partial charge in [0.2, 0.25) is 5.91 Å². The highest BCUT2D eigenvalue weighted by atomic mass is 19.1. The molecule has 2 aliphatic rings. The molecule has 0 radical (unpaired) electrons. The maximum atomic E-state index is 15.1. The third kappa shape index (κ3) is 5.87. The van der Waals surface area contributed by atoms with Crippen LogP contribution in [0, 0.1) is 11.6 Å². The molecule has 3 N–H and O–H groups in total. The lowest BCUT2D eigenvalue weighted by atomic mass is 10.1. The predicted octanol–water partition coefficient (Wildman–Crippen LogP) is 2.87. The van der Waals surface area contributed by atoms with E-state index < -0.39 is 11.6 Å². The number of amides is 1. The van der Waals surface area contributed by atoms with Crippen molar-refractivity contribution in [3.63, 3.8) is 0 Å². The van der Waals surface area contributed by atoms with Crippen LogP contribution in [-0.2, 0) is 4.79 Å². The van der Waals surface area contributed by atoms with E-state index in [1.165, 1.54) is 20.3 Å². The summed E-state index contributed by atoms with van der Waals surface area (Å²) >= 11 is 0. The summed E-state index contributed by atoms with van der Waals surface area (Å²) in [7, 11) is 2.60. The number of halogens is 2. The van der Waals surface area contributed by atoms with Crippen LogP contribution in [0.1, 0.15) is 6.92 Å². The lowest BCUT2D eigenvalue weighted by molar-refractivity contribution is -0.111. The Balaban J connectivity index is 1.41. The maximum absolute atomic E-state index is 15.1. The molecule has 0 saturated carbocycles. The highest BCUT2D eigenvalue weighted by molar-refractivity contribution is 6.01. The van der Waals surface area contributed by atoms with E-state index >= 15 is 8.78 Å². The second-order valence-electron chi connectivity index (χ2n) is 9.93. The van der Waals surface area contributed by atoms with Crippen LogP contribution in [0.4, 0.5) is 25.8 Å². The average Bonchev–Trinajstić information content (AvgIpc) is 3.02. The summed E-state index contributed by atoms with van der Waals surface area (Å²) in [6, 6.07) is 8.69. The predicted molar refractivity (Wildman–Crippen MR) is 161 cm³/mol. The molecule has 3 aromatic rings. The average molecular weight is 577 g/mol. The molecule has 0 spiro atoms. The monoisotopic (exact) mass is 576 g/mol. The summed E-state index contributed by atoms with van der Waals surface area (Å²) in [6.07, 6.45) is 6.09. The van der Waals surface area contributed by atoms with Crippen molar-refractivity contribution in [3.8, 4) is 22.8 Å². The quantitative estimate of drug-likeness (QED) is 0.335. The third-order valence-corrected chi connectivity index (χ3v) is 7.50. The Morgan fingerprint density at radius 3 is 2.43 bits per heavy atom. The van der Waals surface area contributed by atoms with Gasteiger partial charge in [-0.3, -0.25) is 9.78 Å². The van der Waals surface area contributed by atoms with E-state index in [1.54, 1.807) is 18.5 Å². The summed E-state index contributed by atoms with van der Waals surface area (Å²) in [5.41, 5.74) is 2.13. The Hall–Kier alpha value is -4.64. The molecule has 1 saturated heterocycles. The Morgan fingerprint density at radius 1 is 1.07 bits per heavy atom. The minimum absolute atomic E-state index is 0.101. The number of methoxy groups -OCH3 is 2. The minimum Gasteiger partial charge on any atom is -0.494 e. The van der Waals surface area contributed by atoms with Crippen LogP contribution in [0.5, 0.6) is 11.5 Å². The molecule has 1 unspecified atom stereocenters. The summed E-state index contributed by atoms with van der Waals surface area (Å²) in [5.74, 6) is -2.32. The molecule has 0 bridgehead atoms. The van der Waals surface area contributed by atoms with Gasteiger partial charge in [-0.05, 0) is 43.0 Å². The Bertz CT molecular complexity index is 1590. The van der Waals surface area contributed by atoms with Gasteiger partial charge in [0, 0.05) is 60.8 Å². The van der Waals surface area contributed by atoms with Gasteiger partial charge in [-0.15, -0.1) is 0 Å². The Morgan fingerprint density at radius 2 is 1.79 bits per heavy atom. The fourth-order valence-corrected chi connectivity index (χ4v) is 5.12. The summed E-state index contributed by atoms with van der Waals surface area (Å²) in [4.78, 5) is 21.3. The molecule has 11 heteroatoms. The number of pyridine rings is 1. The van der Waals surface area contributed by atoms with E-state index in [1.807, 2.05) is 24.3 Å². The van der Waals surface area contributed by atoms with Gasteiger partial charge in [0.05, 0.1) is 36.9 Å². The molecule has 42 heavy (non-hydrogen) atoms. The van der Waals surface area contributed by atoms with Gasteiger partial charge < -0.3 is 35.2 Å². The number of ether oxygens (including phenoxy) is 2. The molecule has 1 fully saturated rings. The zero-order chi connectivity index (χ0) is 29.8. The number of hydrogen-bond donors (Lipinski definition) is 3. The number of nitrogens with one attached hydrogen (secondary N) is 3. The van der Waals surface area contributed by atoms with Crippen molar-refractivity contribution in [2.24, 2.45) is 0 Å². The summed E-state index contributed by atoms with van der Waals surface area (Å²) < 4.78 is 40.2. The fraction of sp³-hybridized carbons (Fsp3) is 0.290. The molecule has 1 aromatic heterocycles. The molecule has 0 aliphatic carbocycles. The van der Waals surface area contributed by atoms with Crippen molar-refractivity contribution < 1.29 is 23.0 Å². The van der Waals surface area contributed by atoms with Crippen LogP contribution in [0.3, 0.4) is 0 Å². The van der Waals surface area contributed by atoms with Crippen molar-refractivity contribution in [1.82, 2.24) is 15.2 Å². The molecule has 9 nitrogen and oxygen atoms in total. The number of carbonyl (C=O) groups excluding carboxylic acids is 1. The molecule has 1 atom stereocenters. The Labute approximate surface area is 243 Å². The van der Waals surface area contributed by atoms with E-state index in [0.717, 1.165) is 49.7 Å². The zero-order valence-corrected chi connectivity index (χ0v) is 23.8. The SMILES string of the molecule is C=CC(=O)Nc1cc(N2CCN(CC)CC2)ccc1NC1C=c2cnc(-c3c(F)c(OC)cc(OC)c3F)cc2=CN1. The lowest BCUT2D eigenvalue weighted by Crippen LogP contribution is -2.46. The maximum Gasteiger partial charge on any atom is 0.247 e. The van der Waals surface area contributed by atoms with E-state index in [9.17, 15) is 4.79 Å². The number of benzene rings is 2. The van der Waals surface area contributed by atoms with Gasteiger partial charge in [-0.25, -0.2) is 8.78 Å². The first kappa shape index (κ1) is 28.9. The largest absolute Gasteiger partial charge is 0.494 e. The van der Waals surface area contributed by atoms with Crippen molar-refractivity contribution in [2.45, 2.75) is 13.1 Å². The lowest BCUT2D eigenvalue weighted by Gasteiger charge is -2.36. The van der Waals surface area contributed by atoms with Gasteiger partial charge in [0.25, 0.3) is 0 Å². The second-order valence-corrected chi connectivity index (χ2v) is 9.93. The van der Waals surface area contributed by atoms with Crippen molar-refractivity contribution >= 4 is 35.2 Å². The zero-order valence-electron chi connectivity index (χ0n) is 23.8. The molecular formula is C31H34F2N6O3. The molecule has 220 valence electrons. The fourth-order valence-electron chi connectivity index (χ4n) is 5.12. The first-order valence-corrected chi connectivity index (χ1v) is 13.7. The standard InChI is InChI=1S/C31H34F2N6O3/c1-5-28(40)37-23-15-21(39-11-9-38(6-2)10-12-39)7-8-22(23)36-27-14-20-17-34-24(13-19(20)18-35-27)29-30(32)25(41-3)16-26(42-4)31(29)33/h5,7-8,13-18,27,35-36H,1,6,9-12H2,2-4H3,(H,37,40). The van der Waals surface area contributed by atoms with Gasteiger partial charge in [-0.2, -0.15) is 0 Å². The van der Waals surface area contributed by atoms with Crippen molar-refractivity contribution in [3.05, 3.63) is 71.3 Å². The topological polar surface area (TPSA) is 91.0 Å². The highest BCUT2D eigenvalue weighted by Gasteiger charge is 2.23. The normalized spacial score (nSPS) is 16.3. The smallest absolute Gasteiger partial charge is 0.247 e. The summed E-state index contributed by atoms with van der Waals surface area (Å²) in [5, 5.41) is 11.0. The molecule has 2 aromatic carbocycles. The van der Waals surface area contributed by atoms with Crippen LogP contribution >= 0.6 is 0 Å². The van der Waals surface area contributed by atoms with Gasteiger partial charge in [0.1, 0.15) is 6.17 Å². The molecule has 3 heterocycles. The molecule has 1 amide bonds. The highest BCUT2D eigenvalue weighted by Crippen LogP contribution is 2.36. The first-order valence-electron chi connectivity index (χ1n) is 13.7. The van der Waals surface area contributed by atoms with Gasteiger partial charge in [0.15, 0.2) is 23.1 Å². The number of aromatic nitrogens is 1. The van der Waals surface area contributed by atoms with Crippen LogP contribution in [0.2, 0.25) is 0 Å².